The molecule has 0 aliphatic carbocycles. The Morgan fingerprint density at radius 2 is 2.10 bits per heavy atom. The number of nitrogens with zero attached hydrogens (tertiary/aromatic N) is 2. The maximum atomic E-state index is 11.4. The second-order valence-corrected chi connectivity index (χ2v) is 5.96. The molecule has 0 radical (unpaired) electrons. The summed E-state index contributed by atoms with van der Waals surface area (Å²) in [5.74, 6) is -0.705. The number of nitrogens with one attached hydrogen (secondary N) is 1. The van der Waals surface area contributed by atoms with E-state index in [0.29, 0.717) is 12.6 Å². The monoisotopic (exact) mass is 289 g/mol. The van der Waals surface area contributed by atoms with Crippen LogP contribution in [0.1, 0.15) is 12.0 Å². The van der Waals surface area contributed by atoms with E-state index in [4.69, 9.17) is 0 Å². The summed E-state index contributed by atoms with van der Waals surface area (Å²) in [5.41, 5.74) is 1.33. The zero-order valence-electron chi connectivity index (χ0n) is 12.2. The zero-order chi connectivity index (χ0) is 14.7. The molecule has 0 bridgehead atoms. The van der Waals surface area contributed by atoms with Crippen LogP contribution in [-0.2, 0) is 11.3 Å². The van der Waals surface area contributed by atoms with Crippen LogP contribution in [0.3, 0.4) is 0 Å². The minimum Gasteiger partial charge on any atom is -0.480 e. The van der Waals surface area contributed by atoms with Crippen LogP contribution in [-0.4, -0.2) is 65.7 Å². The van der Waals surface area contributed by atoms with Crippen LogP contribution >= 0.6 is 0 Å². The van der Waals surface area contributed by atoms with E-state index in [0.717, 1.165) is 39.1 Å². The Bertz CT molecular complexity index is 480. The average molecular weight is 289 g/mol. The highest BCUT2D eigenvalue weighted by atomic mass is 16.4. The molecular formula is C16H23N3O2. The number of carbonyl (C=O) groups is 1. The number of aliphatic carboxylic acids is 1. The Balaban J connectivity index is 1.59. The molecule has 2 saturated heterocycles. The van der Waals surface area contributed by atoms with Crippen molar-refractivity contribution in [2.24, 2.45) is 0 Å². The fourth-order valence-electron chi connectivity index (χ4n) is 3.45. The summed E-state index contributed by atoms with van der Waals surface area (Å²) in [5, 5.41) is 12.6. The van der Waals surface area contributed by atoms with E-state index in [1.54, 1.807) is 0 Å². The second kappa shape index (κ2) is 6.56. The van der Waals surface area contributed by atoms with E-state index in [9.17, 15) is 9.90 Å². The summed E-state index contributed by atoms with van der Waals surface area (Å²) in [6.45, 7) is 5.26. The fourth-order valence-corrected chi connectivity index (χ4v) is 3.45. The second-order valence-electron chi connectivity index (χ2n) is 5.96. The maximum absolute atomic E-state index is 11.4. The molecule has 2 N–H and O–H groups in total. The number of likely N-dealkylation sites (tertiary alicyclic amines) is 1. The minimum atomic E-state index is -0.705. The van der Waals surface area contributed by atoms with E-state index in [1.807, 2.05) is 6.07 Å². The summed E-state index contributed by atoms with van der Waals surface area (Å²) in [7, 11) is 0. The van der Waals surface area contributed by atoms with Gasteiger partial charge in [0.15, 0.2) is 0 Å². The SMILES string of the molecule is O=C(O)C1CNCCN1C1CCN(Cc2ccccc2)C1. The normalized spacial score (nSPS) is 27.8. The highest BCUT2D eigenvalue weighted by Crippen LogP contribution is 2.21. The smallest absolute Gasteiger partial charge is 0.322 e. The van der Waals surface area contributed by atoms with Crippen LogP contribution in [0.4, 0.5) is 0 Å². The van der Waals surface area contributed by atoms with Crippen molar-refractivity contribution in [3.05, 3.63) is 35.9 Å². The number of benzene rings is 1. The molecule has 0 spiro atoms. The van der Waals surface area contributed by atoms with Gasteiger partial charge in [0.1, 0.15) is 6.04 Å². The van der Waals surface area contributed by atoms with Gasteiger partial charge in [-0.1, -0.05) is 30.3 Å². The van der Waals surface area contributed by atoms with E-state index < -0.39 is 5.97 Å². The number of hydrogen-bond acceptors (Lipinski definition) is 4. The van der Waals surface area contributed by atoms with E-state index >= 15 is 0 Å². The molecule has 2 heterocycles. The predicted octanol–water partition coefficient (Wildman–Crippen LogP) is 0.619. The molecule has 2 unspecified atom stereocenters. The lowest BCUT2D eigenvalue weighted by Gasteiger charge is -2.37. The van der Waals surface area contributed by atoms with Gasteiger partial charge in [0.25, 0.3) is 0 Å². The highest BCUT2D eigenvalue weighted by molar-refractivity contribution is 5.74. The molecule has 21 heavy (non-hydrogen) atoms. The number of carboxylic acid groups (broad SMARTS) is 1. The molecule has 3 rings (SSSR count). The molecule has 2 aliphatic heterocycles. The van der Waals surface area contributed by atoms with E-state index in [2.05, 4.69) is 39.4 Å². The van der Waals surface area contributed by atoms with Crippen molar-refractivity contribution >= 4 is 5.97 Å². The van der Waals surface area contributed by atoms with Gasteiger partial charge in [-0.25, -0.2) is 0 Å². The lowest BCUT2D eigenvalue weighted by atomic mass is 10.1. The molecule has 0 aromatic heterocycles. The van der Waals surface area contributed by atoms with Crippen molar-refractivity contribution in [1.29, 1.82) is 0 Å². The van der Waals surface area contributed by atoms with Crippen molar-refractivity contribution < 1.29 is 9.90 Å². The summed E-state index contributed by atoms with van der Waals surface area (Å²) >= 11 is 0. The van der Waals surface area contributed by atoms with Crippen molar-refractivity contribution in [3.8, 4) is 0 Å². The van der Waals surface area contributed by atoms with Gasteiger partial charge in [0.05, 0.1) is 0 Å². The number of carboxylic acids is 1. The van der Waals surface area contributed by atoms with E-state index in [1.165, 1.54) is 5.56 Å². The van der Waals surface area contributed by atoms with Crippen LogP contribution in [0.2, 0.25) is 0 Å². The first-order valence-corrected chi connectivity index (χ1v) is 7.69. The standard InChI is InChI=1S/C16H23N3O2/c20-16(21)15-10-17-7-9-19(15)14-6-8-18(12-14)11-13-4-2-1-3-5-13/h1-5,14-15,17H,6-12H2,(H,20,21). The van der Waals surface area contributed by atoms with Gasteiger partial charge < -0.3 is 10.4 Å². The Hall–Kier alpha value is -1.43. The van der Waals surface area contributed by atoms with E-state index in [-0.39, 0.29) is 6.04 Å². The van der Waals surface area contributed by atoms with Crippen molar-refractivity contribution in [2.45, 2.75) is 25.0 Å². The van der Waals surface area contributed by atoms with Crippen LogP contribution in [0, 0.1) is 0 Å². The topological polar surface area (TPSA) is 55.8 Å². The molecule has 1 aromatic rings. The summed E-state index contributed by atoms with van der Waals surface area (Å²) < 4.78 is 0. The van der Waals surface area contributed by atoms with Gasteiger partial charge in [-0.15, -0.1) is 0 Å². The first-order chi connectivity index (χ1) is 10.2. The summed E-state index contributed by atoms with van der Waals surface area (Å²) in [6, 6.07) is 10.5. The third-order valence-corrected chi connectivity index (χ3v) is 4.54. The zero-order valence-corrected chi connectivity index (χ0v) is 12.2. The van der Waals surface area contributed by atoms with Crippen molar-refractivity contribution in [1.82, 2.24) is 15.1 Å². The first-order valence-electron chi connectivity index (χ1n) is 7.69. The van der Waals surface area contributed by atoms with Gasteiger partial charge in [0.2, 0.25) is 0 Å². The molecule has 114 valence electrons. The Morgan fingerprint density at radius 3 is 2.86 bits per heavy atom. The first kappa shape index (κ1) is 14.5. The minimum absolute atomic E-state index is 0.372. The Labute approximate surface area is 125 Å². The largest absolute Gasteiger partial charge is 0.480 e. The molecule has 5 nitrogen and oxygen atoms in total. The Morgan fingerprint density at radius 1 is 1.29 bits per heavy atom. The lowest BCUT2D eigenvalue weighted by molar-refractivity contribution is -0.145. The molecule has 2 aliphatic rings. The summed E-state index contributed by atoms with van der Waals surface area (Å²) in [6.07, 6.45) is 1.07. The van der Waals surface area contributed by atoms with Gasteiger partial charge >= 0.3 is 5.97 Å². The number of piperazine rings is 1. The molecular weight excluding hydrogens is 266 g/mol. The van der Waals surface area contributed by atoms with Crippen LogP contribution < -0.4 is 5.32 Å². The predicted molar refractivity (Wildman–Crippen MR) is 81.1 cm³/mol. The third kappa shape index (κ3) is 3.43. The van der Waals surface area contributed by atoms with Gasteiger partial charge in [-0.05, 0) is 12.0 Å². The van der Waals surface area contributed by atoms with Crippen molar-refractivity contribution in [2.75, 3.05) is 32.7 Å². The Kier molecular flexibility index (Phi) is 4.53. The van der Waals surface area contributed by atoms with Gasteiger partial charge in [0, 0.05) is 45.3 Å². The molecule has 2 atom stereocenters. The highest BCUT2D eigenvalue weighted by Gasteiger charge is 2.36. The van der Waals surface area contributed by atoms with Crippen LogP contribution in [0.15, 0.2) is 30.3 Å². The maximum Gasteiger partial charge on any atom is 0.322 e. The van der Waals surface area contributed by atoms with Crippen LogP contribution in [0.5, 0.6) is 0 Å². The van der Waals surface area contributed by atoms with Gasteiger partial charge in [-0.2, -0.15) is 0 Å². The number of rotatable bonds is 4. The quantitative estimate of drug-likeness (QED) is 0.851. The molecule has 5 heteroatoms. The fraction of sp³-hybridized carbons (Fsp3) is 0.562. The van der Waals surface area contributed by atoms with Gasteiger partial charge in [-0.3, -0.25) is 14.6 Å². The lowest BCUT2D eigenvalue weighted by Crippen LogP contribution is -2.58. The van der Waals surface area contributed by atoms with Crippen molar-refractivity contribution in [3.63, 3.8) is 0 Å². The molecule has 0 amide bonds. The summed E-state index contributed by atoms with van der Waals surface area (Å²) in [4.78, 5) is 16.0. The number of hydrogen-bond donors (Lipinski definition) is 2. The average Bonchev–Trinajstić information content (AvgIpc) is 2.96. The molecule has 1 aromatic carbocycles. The van der Waals surface area contributed by atoms with Crippen LogP contribution in [0.25, 0.3) is 0 Å². The third-order valence-electron chi connectivity index (χ3n) is 4.54. The molecule has 2 fully saturated rings. The molecule has 0 saturated carbocycles.